The van der Waals surface area contributed by atoms with E-state index in [0.29, 0.717) is 24.2 Å². The van der Waals surface area contributed by atoms with Gasteiger partial charge in [-0.25, -0.2) is 14.7 Å². The number of aliphatic carboxylic acids is 2. The summed E-state index contributed by atoms with van der Waals surface area (Å²) in [7, 11) is 1.72. The molecular formula is C13H18N2O6. The Hall–Kier alpha value is -1.93. The SMILES string of the molecule is CN1OC2C3CCC(CC2C1=O)N3.O=C(O)/C=C/C(=O)O. The fourth-order valence-corrected chi connectivity index (χ4v) is 3.02. The molecule has 116 valence electrons. The molecule has 0 saturated carbocycles. The lowest BCUT2D eigenvalue weighted by Crippen LogP contribution is -2.48. The average Bonchev–Trinajstić information content (AvgIpc) is 2.94. The molecule has 8 heteroatoms. The van der Waals surface area contributed by atoms with Crippen molar-refractivity contribution in [3.8, 4) is 0 Å². The van der Waals surface area contributed by atoms with Crippen LogP contribution in [-0.2, 0) is 19.2 Å². The summed E-state index contributed by atoms with van der Waals surface area (Å²) in [5.74, 6) is -2.22. The summed E-state index contributed by atoms with van der Waals surface area (Å²) in [6.45, 7) is 0. The molecule has 21 heavy (non-hydrogen) atoms. The van der Waals surface area contributed by atoms with Gasteiger partial charge < -0.3 is 15.5 Å². The maximum absolute atomic E-state index is 11.6. The average molecular weight is 298 g/mol. The molecule has 3 aliphatic rings. The van der Waals surface area contributed by atoms with Crippen LogP contribution in [0.3, 0.4) is 0 Å². The lowest BCUT2D eigenvalue weighted by atomic mass is 9.90. The third-order valence-corrected chi connectivity index (χ3v) is 3.88. The van der Waals surface area contributed by atoms with Crippen molar-refractivity contribution < 1.29 is 29.4 Å². The van der Waals surface area contributed by atoms with Gasteiger partial charge in [-0.2, -0.15) is 0 Å². The molecule has 3 saturated heterocycles. The number of rotatable bonds is 2. The van der Waals surface area contributed by atoms with Crippen LogP contribution in [0.4, 0.5) is 0 Å². The van der Waals surface area contributed by atoms with Crippen molar-refractivity contribution in [1.29, 1.82) is 0 Å². The van der Waals surface area contributed by atoms with E-state index >= 15 is 0 Å². The molecule has 0 aromatic carbocycles. The van der Waals surface area contributed by atoms with Crippen LogP contribution in [-0.4, -0.2) is 58.4 Å². The minimum Gasteiger partial charge on any atom is -0.478 e. The lowest BCUT2D eigenvalue weighted by Gasteiger charge is -2.28. The van der Waals surface area contributed by atoms with Gasteiger partial charge in [-0.15, -0.1) is 0 Å². The van der Waals surface area contributed by atoms with Gasteiger partial charge in [0.25, 0.3) is 5.91 Å². The maximum atomic E-state index is 11.6. The van der Waals surface area contributed by atoms with E-state index in [1.807, 2.05) is 0 Å². The number of carbonyl (C=O) groups excluding carboxylic acids is 1. The number of hydrogen-bond acceptors (Lipinski definition) is 5. The van der Waals surface area contributed by atoms with Crippen molar-refractivity contribution in [1.82, 2.24) is 10.4 Å². The number of fused-ring (bicyclic) bond motifs is 4. The quantitative estimate of drug-likeness (QED) is 0.594. The Bertz CT molecular complexity index is 461. The molecule has 0 aromatic heterocycles. The predicted molar refractivity (Wildman–Crippen MR) is 70.1 cm³/mol. The van der Waals surface area contributed by atoms with Gasteiger partial charge in [0.1, 0.15) is 6.10 Å². The molecule has 0 spiro atoms. The monoisotopic (exact) mass is 298 g/mol. The molecule has 3 rings (SSSR count). The number of nitrogens with zero attached hydrogens (tertiary/aromatic N) is 1. The van der Waals surface area contributed by atoms with Crippen molar-refractivity contribution >= 4 is 17.8 Å². The largest absolute Gasteiger partial charge is 0.478 e. The molecule has 8 nitrogen and oxygen atoms in total. The van der Waals surface area contributed by atoms with Gasteiger partial charge in [0.15, 0.2) is 0 Å². The van der Waals surface area contributed by atoms with E-state index in [9.17, 15) is 14.4 Å². The Morgan fingerprint density at radius 3 is 2.48 bits per heavy atom. The molecule has 3 N–H and O–H groups in total. The van der Waals surface area contributed by atoms with Crippen LogP contribution in [0.15, 0.2) is 12.2 Å². The number of amides is 1. The number of piperidine rings is 1. The number of carboxylic acids is 2. The van der Waals surface area contributed by atoms with E-state index in [2.05, 4.69) is 5.32 Å². The second-order valence-electron chi connectivity index (χ2n) is 5.31. The van der Waals surface area contributed by atoms with Gasteiger partial charge in [0, 0.05) is 31.3 Å². The first-order valence-corrected chi connectivity index (χ1v) is 6.73. The van der Waals surface area contributed by atoms with Gasteiger partial charge >= 0.3 is 11.9 Å². The molecule has 1 amide bonds. The van der Waals surface area contributed by atoms with Crippen LogP contribution in [0, 0.1) is 5.92 Å². The molecule has 4 atom stereocenters. The smallest absolute Gasteiger partial charge is 0.328 e. The highest BCUT2D eigenvalue weighted by atomic mass is 16.7. The molecule has 3 heterocycles. The van der Waals surface area contributed by atoms with E-state index in [-0.39, 0.29) is 17.9 Å². The van der Waals surface area contributed by atoms with Crippen molar-refractivity contribution in [2.45, 2.75) is 37.5 Å². The van der Waals surface area contributed by atoms with Crippen molar-refractivity contribution in [3.05, 3.63) is 12.2 Å². The Morgan fingerprint density at radius 1 is 1.29 bits per heavy atom. The Morgan fingerprint density at radius 2 is 1.90 bits per heavy atom. The Kier molecular flexibility index (Phi) is 4.59. The molecule has 4 unspecified atom stereocenters. The van der Waals surface area contributed by atoms with E-state index in [0.717, 1.165) is 12.8 Å². The van der Waals surface area contributed by atoms with Gasteiger partial charge in [-0.05, 0) is 19.3 Å². The predicted octanol–water partition coefficient (Wildman–Crippen LogP) is -0.389. The van der Waals surface area contributed by atoms with E-state index in [1.165, 1.54) is 11.5 Å². The van der Waals surface area contributed by atoms with Gasteiger partial charge in [0.2, 0.25) is 0 Å². The highest BCUT2D eigenvalue weighted by Gasteiger charge is 2.51. The maximum Gasteiger partial charge on any atom is 0.328 e. The lowest BCUT2D eigenvalue weighted by molar-refractivity contribution is -0.166. The van der Waals surface area contributed by atoms with Crippen molar-refractivity contribution in [2.75, 3.05) is 7.05 Å². The third-order valence-electron chi connectivity index (χ3n) is 3.88. The zero-order chi connectivity index (χ0) is 15.6. The number of carbonyl (C=O) groups is 3. The van der Waals surface area contributed by atoms with Crippen LogP contribution in [0.25, 0.3) is 0 Å². The zero-order valence-corrected chi connectivity index (χ0v) is 11.6. The first kappa shape index (κ1) is 15.5. The van der Waals surface area contributed by atoms with Gasteiger partial charge in [-0.3, -0.25) is 9.63 Å². The number of hydroxylamine groups is 2. The molecule has 3 aliphatic heterocycles. The van der Waals surface area contributed by atoms with Gasteiger partial charge in [0.05, 0.1) is 5.92 Å². The van der Waals surface area contributed by atoms with Crippen LogP contribution >= 0.6 is 0 Å². The first-order chi connectivity index (χ1) is 9.88. The summed E-state index contributed by atoms with van der Waals surface area (Å²) >= 11 is 0. The van der Waals surface area contributed by atoms with Crippen LogP contribution in [0.2, 0.25) is 0 Å². The molecule has 0 aliphatic carbocycles. The van der Waals surface area contributed by atoms with Crippen molar-refractivity contribution in [2.24, 2.45) is 5.92 Å². The topological polar surface area (TPSA) is 116 Å². The van der Waals surface area contributed by atoms with Crippen LogP contribution < -0.4 is 5.32 Å². The van der Waals surface area contributed by atoms with Crippen LogP contribution in [0.5, 0.6) is 0 Å². The number of hydrogen-bond donors (Lipinski definition) is 3. The standard InChI is InChI=1S/C9H14N2O2.C4H4O4/c1-11-9(12)6-4-5-2-3-7(10-5)8(6)13-11;5-3(6)1-2-4(7)8/h5-8,10H,2-4H2,1H3;1-2H,(H,5,6)(H,7,8)/b;2-1+. The summed E-state index contributed by atoms with van der Waals surface area (Å²) in [5.41, 5.74) is 0. The summed E-state index contributed by atoms with van der Waals surface area (Å²) in [6.07, 6.45) is 4.55. The van der Waals surface area contributed by atoms with E-state index in [4.69, 9.17) is 15.1 Å². The minimum atomic E-state index is -1.26. The zero-order valence-electron chi connectivity index (χ0n) is 11.6. The Labute approximate surface area is 121 Å². The highest BCUT2D eigenvalue weighted by Crippen LogP contribution is 2.37. The molecule has 0 radical (unpaired) electrons. The summed E-state index contributed by atoms with van der Waals surface area (Å²) < 4.78 is 0. The summed E-state index contributed by atoms with van der Waals surface area (Å²) in [6, 6.07) is 0.975. The number of carboxylic acid groups (broad SMARTS) is 2. The second kappa shape index (κ2) is 6.23. The fraction of sp³-hybridized carbons (Fsp3) is 0.615. The van der Waals surface area contributed by atoms with E-state index in [1.54, 1.807) is 7.05 Å². The fourth-order valence-electron chi connectivity index (χ4n) is 3.02. The van der Waals surface area contributed by atoms with Gasteiger partial charge in [-0.1, -0.05) is 0 Å². The minimum absolute atomic E-state index is 0.108. The van der Waals surface area contributed by atoms with Crippen molar-refractivity contribution in [3.63, 3.8) is 0 Å². The highest BCUT2D eigenvalue weighted by molar-refractivity contribution is 5.89. The molecule has 3 fully saturated rings. The number of nitrogens with one attached hydrogen (secondary N) is 1. The summed E-state index contributed by atoms with van der Waals surface area (Å²) in [4.78, 5) is 36.3. The molecule has 2 bridgehead atoms. The Balaban J connectivity index is 0.000000177. The van der Waals surface area contributed by atoms with Crippen LogP contribution in [0.1, 0.15) is 19.3 Å². The summed E-state index contributed by atoms with van der Waals surface area (Å²) in [5, 5.41) is 20.5. The first-order valence-electron chi connectivity index (χ1n) is 6.73. The normalized spacial score (nSPS) is 33.6. The molecule has 0 aromatic rings. The molecular weight excluding hydrogens is 280 g/mol. The second-order valence-corrected chi connectivity index (χ2v) is 5.31. The third kappa shape index (κ3) is 3.59. The van der Waals surface area contributed by atoms with E-state index < -0.39 is 11.9 Å².